The number of nitrogens with one attached hydrogen (secondary N) is 2. The van der Waals surface area contributed by atoms with Gasteiger partial charge in [0.25, 0.3) is 0 Å². The molecule has 4 atom stereocenters. The third-order valence-corrected chi connectivity index (χ3v) is 7.77. The number of amides is 4. The zero-order valence-electron chi connectivity index (χ0n) is 31.6. The molecule has 4 amide bonds. The number of hydrogen-bond acceptors (Lipinski definition) is 7. The number of rotatable bonds is 16. The first-order valence-corrected chi connectivity index (χ1v) is 17.4. The van der Waals surface area contributed by atoms with Crippen molar-refractivity contribution < 1.29 is 33.4 Å². The number of primary amides is 1. The van der Waals surface area contributed by atoms with E-state index in [0.29, 0.717) is 17.5 Å². The van der Waals surface area contributed by atoms with Gasteiger partial charge in [-0.2, -0.15) is 0 Å². The van der Waals surface area contributed by atoms with E-state index in [1.807, 2.05) is 37.3 Å². The first-order valence-electron chi connectivity index (χ1n) is 17.4. The second-order valence-corrected chi connectivity index (χ2v) is 15.2. The van der Waals surface area contributed by atoms with Gasteiger partial charge < -0.3 is 30.7 Å². The summed E-state index contributed by atoms with van der Waals surface area (Å²) in [6.07, 6.45) is 5.76. The summed E-state index contributed by atoms with van der Waals surface area (Å²) in [6, 6.07) is 11.6. The Labute approximate surface area is 303 Å². The van der Waals surface area contributed by atoms with Crippen LogP contribution in [0, 0.1) is 18.3 Å². The molecule has 11 nitrogen and oxygen atoms in total. The first-order chi connectivity index (χ1) is 23.7. The predicted octanol–water partition coefficient (Wildman–Crippen LogP) is 5.59. The second kappa shape index (κ2) is 18.9. The maximum atomic E-state index is 14.8. The molecule has 51 heavy (non-hydrogen) atoms. The van der Waals surface area contributed by atoms with Gasteiger partial charge in [-0.3, -0.25) is 14.4 Å². The molecular weight excluding hydrogens is 648 g/mol. The average molecular weight is 705 g/mol. The summed E-state index contributed by atoms with van der Waals surface area (Å²) in [7, 11) is 0. The number of nitrogens with zero attached hydrogens (tertiary/aromatic N) is 1. The van der Waals surface area contributed by atoms with Crippen LogP contribution in [0.2, 0.25) is 0 Å². The monoisotopic (exact) mass is 704 g/mol. The summed E-state index contributed by atoms with van der Waals surface area (Å²) < 4.78 is 11.2. The van der Waals surface area contributed by atoms with Crippen molar-refractivity contribution in [3.05, 3.63) is 71.3 Å². The number of carbonyl (C=O) groups excluding carboxylic acids is 5. The van der Waals surface area contributed by atoms with Crippen molar-refractivity contribution in [2.24, 2.45) is 11.7 Å². The van der Waals surface area contributed by atoms with Gasteiger partial charge in [-0.25, -0.2) is 9.59 Å². The number of esters is 1. The topological polar surface area (TPSA) is 157 Å². The van der Waals surface area contributed by atoms with Crippen LogP contribution in [0.3, 0.4) is 0 Å². The zero-order chi connectivity index (χ0) is 38.5. The van der Waals surface area contributed by atoms with Crippen LogP contribution >= 0.6 is 0 Å². The Bertz CT molecular complexity index is 1520. The lowest BCUT2D eigenvalue weighted by Gasteiger charge is -2.39. The number of alkyl carbamates (subject to hydrolysis) is 1. The van der Waals surface area contributed by atoms with Crippen molar-refractivity contribution in [2.45, 2.75) is 130 Å². The molecule has 0 aliphatic heterocycles. The van der Waals surface area contributed by atoms with Gasteiger partial charge in [0, 0.05) is 24.4 Å². The van der Waals surface area contributed by atoms with E-state index in [1.165, 1.54) is 4.90 Å². The fourth-order valence-electron chi connectivity index (χ4n) is 5.35. The number of nitrogens with two attached hydrogens (primary N) is 1. The van der Waals surface area contributed by atoms with Crippen molar-refractivity contribution in [1.29, 1.82) is 0 Å². The van der Waals surface area contributed by atoms with Crippen LogP contribution in [0.15, 0.2) is 54.6 Å². The highest BCUT2D eigenvalue weighted by molar-refractivity contribution is 5.94. The minimum Gasteiger partial charge on any atom is -0.458 e. The summed E-state index contributed by atoms with van der Waals surface area (Å²) >= 11 is 0. The molecule has 2 rings (SSSR count). The Hall–Kier alpha value is -4.85. The van der Waals surface area contributed by atoms with Gasteiger partial charge in [0.2, 0.25) is 17.7 Å². The normalized spacial score (nSPS) is 13.9. The maximum absolute atomic E-state index is 14.8. The molecular formula is C40H56N4O7. The average Bonchev–Trinajstić information content (AvgIpc) is 3.02. The van der Waals surface area contributed by atoms with E-state index in [4.69, 9.17) is 21.6 Å². The molecule has 278 valence electrons. The summed E-state index contributed by atoms with van der Waals surface area (Å²) in [4.78, 5) is 69.4. The highest BCUT2D eigenvalue weighted by Crippen LogP contribution is 2.29. The standard InChI is InChI=1S/C40H56N4O7/c1-11-28-19-21-30(22-20-28)34(35(46)42-32(37(48)50-39(5,6)7)25-29-15-13-12-14-16-29)44(27(4)18-17-26(2)3)36(47)31(23-24-33(41)45)43-38(49)51-40(8,9)10/h1,12-16,19-22,26-27,31-32,34H,17-18,23-25H2,2-10H3,(H2,41,45)(H,42,46)(H,43,49). The van der Waals surface area contributed by atoms with E-state index in [-0.39, 0.29) is 25.2 Å². The van der Waals surface area contributed by atoms with Crippen LogP contribution in [0.5, 0.6) is 0 Å². The van der Waals surface area contributed by atoms with Gasteiger partial charge in [-0.05, 0) is 96.9 Å². The van der Waals surface area contributed by atoms with Crippen molar-refractivity contribution in [1.82, 2.24) is 15.5 Å². The van der Waals surface area contributed by atoms with Crippen LogP contribution in [0.25, 0.3) is 0 Å². The summed E-state index contributed by atoms with van der Waals surface area (Å²) in [6.45, 7) is 16.2. The van der Waals surface area contributed by atoms with E-state index in [0.717, 1.165) is 12.0 Å². The lowest BCUT2D eigenvalue weighted by molar-refractivity contribution is -0.159. The zero-order valence-corrected chi connectivity index (χ0v) is 31.6. The molecule has 2 aromatic rings. The molecule has 0 saturated heterocycles. The van der Waals surface area contributed by atoms with Crippen molar-refractivity contribution in [3.63, 3.8) is 0 Å². The summed E-state index contributed by atoms with van der Waals surface area (Å²) in [5.41, 5.74) is 5.53. The van der Waals surface area contributed by atoms with Crippen molar-refractivity contribution >= 4 is 29.8 Å². The minimum atomic E-state index is -1.29. The molecule has 4 N–H and O–H groups in total. The number of benzene rings is 2. The molecule has 0 aliphatic rings. The lowest BCUT2D eigenvalue weighted by atomic mass is 9.95. The molecule has 0 bridgehead atoms. The fourth-order valence-corrected chi connectivity index (χ4v) is 5.35. The van der Waals surface area contributed by atoms with Gasteiger partial charge in [0.15, 0.2) is 0 Å². The SMILES string of the molecule is C#Cc1ccc(C(C(=O)NC(Cc2ccccc2)C(=O)OC(C)(C)C)N(C(=O)C(CCC(N)=O)NC(=O)OC(C)(C)C)C(C)CCC(C)C)cc1. The van der Waals surface area contributed by atoms with Crippen LogP contribution in [0.4, 0.5) is 4.79 Å². The third-order valence-electron chi connectivity index (χ3n) is 7.77. The van der Waals surface area contributed by atoms with Gasteiger partial charge in [-0.15, -0.1) is 6.42 Å². The Balaban J connectivity index is 2.75. The Morgan fingerprint density at radius 3 is 1.90 bits per heavy atom. The minimum absolute atomic E-state index is 0.128. The number of ether oxygens (including phenoxy) is 2. The van der Waals surface area contributed by atoms with Crippen molar-refractivity contribution in [2.75, 3.05) is 0 Å². The molecule has 2 aromatic carbocycles. The van der Waals surface area contributed by atoms with E-state index >= 15 is 0 Å². The van der Waals surface area contributed by atoms with E-state index in [1.54, 1.807) is 65.8 Å². The number of terminal acetylenes is 1. The van der Waals surface area contributed by atoms with Crippen LogP contribution in [0.1, 0.15) is 111 Å². The summed E-state index contributed by atoms with van der Waals surface area (Å²) in [5.74, 6) is 0.257. The Morgan fingerprint density at radius 1 is 0.804 bits per heavy atom. The highest BCUT2D eigenvalue weighted by atomic mass is 16.6. The Morgan fingerprint density at radius 2 is 1.39 bits per heavy atom. The lowest BCUT2D eigenvalue weighted by Crippen LogP contribution is -2.57. The fraction of sp³-hybridized carbons (Fsp3) is 0.525. The van der Waals surface area contributed by atoms with Crippen LogP contribution in [-0.2, 0) is 35.1 Å². The molecule has 0 radical (unpaired) electrons. The molecule has 0 saturated carbocycles. The van der Waals surface area contributed by atoms with E-state index in [9.17, 15) is 24.0 Å². The molecule has 11 heteroatoms. The predicted molar refractivity (Wildman–Crippen MR) is 197 cm³/mol. The molecule has 0 spiro atoms. The molecule has 4 unspecified atom stereocenters. The van der Waals surface area contributed by atoms with Crippen molar-refractivity contribution in [3.8, 4) is 12.3 Å². The van der Waals surface area contributed by atoms with Crippen LogP contribution in [-0.4, -0.2) is 64.0 Å². The second-order valence-electron chi connectivity index (χ2n) is 15.2. The third kappa shape index (κ3) is 14.9. The van der Waals surface area contributed by atoms with Gasteiger partial charge >= 0.3 is 12.1 Å². The summed E-state index contributed by atoms with van der Waals surface area (Å²) in [5, 5.41) is 5.51. The van der Waals surface area contributed by atoms with E-state index < -0.39 is 65.2 Å². The molecule has 0 heterocycles. The molecule has 0 aliphatic carbocycles. The highest BCUT2D eigenvalue weighted by Gasteiger charge is 2.40. The van der Waals surface area contributed by atoms with Crippen LogP contribution < -0.4 is 16.4 Å². The largest absolute Gasteiger partial charge is 0.458 e. The van der Waals surface area contributed by atoms with Gasteiger partial charge in [0.05, 0.1) is 0 Å². The molecule has 0 fully saturated rings. The number of hydrogen-bond donors (Lipinski definition) is 3. The number of carbonyl (C=O) groups is 5. The smallest absolute Gasteiger partial charge is 0.408 e. The Kier molecular flexibility index (Phi) is 15.7. The van der Waals surface area contributed by atoms with E-state index in [2.05, 4.69) is 30.4 Å². The first kappa shape index (κ1) is 42.3. The van der Waals surface area contributed by atoms with Gasteiger partial charge in [-0.1, -0.05) is 62.2 Å². The maximum Gasteiger partial charge on any atom is 0.408 e. The quantitative estimate of drug-likeness (QED) is 0.152. The molecule has 0 aromatic heterocycles. The van der Waals surface area contributed by atoms with Gasteiger partial charge in [0.1, 0.15) is 29.3 Å².